The lowest BCUT2D eigenvalue weighted by atomic mass is 10.0. The summed E-state index contributed by atoms with van der Waals surface area (Å²) in [7, 11) is 0. The smallest absolute Gasteiger partial charge is 0.471 e. The molecule has 1 atom stereocenters. The molecule has 0 radical (unpaired) electrons. The van der Waals surface area contributed by atoms with Crippen LogP contribution in [0.15, 0.2) is 53.3 Å². The van der Waals surface area contributed by atoms with Crippen molar-refractivity contribution < 1.29 is 32.0 Å². The van der Waals surface area contributed by atoms with Crippen molar-refractivity contribution in [2.24, 2.45) is 0 Å². The van der Waals surface area contributed by atoms with Gasteiger partial charge in [-0.05, 0) is 43.5 Å². The molecule has 10 nitrogen and oxygen atoms in total. The quantitative estimate of drug-likeness (QED) is 0.418. The molecule has 3 heterocycles. The van der Waals surface area contributed by atoms with E-state index in [9.17, 15) is 28.0 Å². The van der Waals surface area contributed by atoms with Gasteiger partial charge in [-0.1, -0.05) is 5.16 Å². The second-order valence-electron chi connectivity index (χ2n) is 7.93. The van der Waals surface area contributed by atoms with Gasteiger partial charge in [-0.25, -0.2) is 4.79 Å². The maximum Gasteiger partial charge on any atom is 0.471 e. The summed E-state index contributed by atoms with van der Waals surface area (Å²) in [6.07, 6.45) is 0.165. The summed E-state index contributed by atoms with van der Waals surface area (Å²) in [6.45, 7) is 0.756. The molecule has 1 unspecified atom stereocenters. The molecule has 2 N–H and O–H groups in total. The van der Waals surface area contributed by atoms with E-state index < -0.39 is 12.1 Å². The fourth-order valence-corrected chi connectivity index (χ4v) is 3.71. The largest absolute Gasteiger partial charge is 0.619 e. The number of rotatable bonds is 5. The van der Waals surface area contributed by atoms with Crippen molar-refractivity contribution in [3.05, 3.63) is 65.5 Å². The first-order chi connectivity index (χ1) is 16.7. The number of benzene rings is 1. The van der Waals surface area contributed by atoms with E-state index in [-0.39, 0.29) is 30.3 Å². The number of aromatic nitrogens is 3. The monoisotopic (exact) mass is 490 g/mol. The van der Waals surface area contributed by atoms with Crippen LogP contribution in [-0.2, 0) is 6.18 Å². The highest BCUT2D eigenvalue weighted by Crippen LogP contribution is 2.29. The van der Waals surface area contributed by atoms with Crippen molar-refractivity contribution in [1.29, 1.82) is 0 Å². The zero-order valence-corrected chi connectivity index (χ0v) is 18.3. The number of halogens is 3. The summed E-state index contributed by atoms with van der Waals surface area (Å²) in [5.74, 6) is -2.00. The molecule has 0 saturated carbocycles. The number of anilines is 1. The predicted octanol–water partition coefficient (Wildman–Crippen LogP) is 3.21. The number of pyridine rings is 1. The number of piperidine rings is 1. The minimum absolute atomic E-state index is 0.217. The van der Waals surface area contributed by atoms with Crippen molar-refractivity contribution in [2.75, 3.05) is 18.4 Å². The van der Waals surface area contributed by atoms with Gasteiger partial charge >= 0.3 is 18.1 Å². The van der Waals surface area contributed by atoms with Crippen LogP contribution in [0.3, 0.4) is 0 Å². The van der Waals surface area contributed by atoms with Crippen molar-refractivity contribution >= 4 is 17.6 Å². The predicted molar refractivity (Wildman–Crippen MR) is 116 cm³/mol. The maximum absolute atomic E-state index is 12.9. The first kappa shape index (κ1) is 24.0. The molecular formula is C22H21F3N6O4. The van der Waals surface area contributed by atoms with Gasteiger partial charge in [0.1, 0.15) is 0 Å². The molecule has 0 aliphatic carbocycles. The second-order valence-corrected chi connectivity index (χ2v) is 7.93. The SMILES string of the molecule is O=C(NCC1CCCCN1C(=O)Nc1ccc(-c2noc(C(F)(F)F)n2)cc1)c1cc[n+]([O-])cc1. The fourth-order valence-electron chi connectivity index (χ4n) is 3.71. The van der Waals surface area contributed by atoms with Crippen LogP contribution >= 0.6 is 0 Å². The summed E-state index contributed by atoms with van der Waals surface area (Å²) >= 11 is 0. The molecule has 3 aromatic rings. The van der Waals surface area contributed by atoms with Crippen LogP contribution in [0, 0.1) is 5.21 Å². The number of alkyl halides is 3. The van der Waals surface area contributed by atoms with E-state index in [1.165, 1.54) is 48.8 Å². The minimum atomic E-state index is -4.73. The molecule has 1 aliphatic rings. The lowest BCUT2D eigenvalue weighted by molar-refractivity contribution is -0.605. The van der Waals surface area contributed by atoms with Gasteiger partial charge in [0.05, 0.1) is 11.6 Å². The highest BCUT2D eigenvalue weighted by Gasteiger charge is 2.38. The first-order valence-corrected chi connectivity index (χ1v) is 10.8. The standard InChI is InChI=1S/C22H21F3N6O4/c23-22(24,25)20-28-18(29-35-20)14-4-6-16(7-5-14)27-21(33)31-10-2-1-3-17(31)13-26-19(32)15-8-11-30(34)12-9-15/h4-9,11-12,17H,1-3,10,13H2,(H,26,32)(H,27,33). The van der Waals surface area contributed by atoms with E-state index in [0.29, 0.717) is 34.5 Å². The maximum atomic E-state index is 12.9. The van der Waals surface area contributed by atoms with E-state index in [1.54, 1.807) is 4.90 Å². The van der Waals surface area contributed by atoms with Gasteiger partial charge in [-0.15, -0.1) is 0 Å². The Morgan fingerprint density at radius 1 is 1.14 bits per heavy atom. The Labute approximate surface area is 197 Å². The van der Waals surface area contributed by atoms with Crippen LogP contribution in [0.1, 0.15) is 35.5 Å². The second kappa shape index (κ2) is 9.99. The summed E-state index contributed by atoms with van der Waals surface area (Å²) in [5, 5.41) is 20.0. The number of amides is 3. The van der Waals surface area contributed by atoms with Gasteiger partial charge in [0, 0.05) is 36.5 Å². The number of likely N-dealkylation sites (tertiary alicyclic amines) is 1. The number of hydrogen-bond donors (Lipinski definition) is 2. The molecule has 1 aliphatic heterocycles. The number of urea groups is 1. The van der Waals surface area contributed by atoms with Crippen LogP contribution in [0.5, 0.6) is 0 Å². The minimum Gasteiger partial charge on any atom is -0.619 e. The van der Waals surface area contributed by atoms with Gasteiger partial charge in [0.25, 0.3) is 5.91 Å². The highest BCUT2D eigenvalue weighted by molar-refractivity contribution is 5.94. The zero-order chi connectivity index (χ0) is 25.0. The van der Waals surface area contributed by atoms with E-state index in [2.05, 4.69) is 25.3 Å². The molecule has 184 valence electrons. The summed E-state index contributed by atoms with van der Waals surface area (Å²) in [4.78, 5) is 30.2. The molecule has 35 heavy (non-hydrogen) atoms. The molecular weight excluding hydrogens is 469 g/mol. The molecule has 1 aromatic carbocycles. The van der Waals surface area contributed by atoms with Crippen LogP contribution < -0.4 is 15.4 Å². The summed E-state index contributed by atoms with van der Waals surface area (Å²) < 4.78 is 42.8. The lowest BCUT2D eigenvalue weighted by Gasteiger charge is -2.35. The van der Waals surface area contributed by atoms with Gasteiger partial charge < -0.3 is 25.3 Å². The van der Waals surface area contributed by atoms with E-state index in [1.807, 2.05) is 0 Å². The molecule has 1 saturated heterocycles. The number of carbonyl (C=O) groups excluding carboxylic acids is 2. The van der Waals surface area contributed by atoms with E-state index >= 15 is 0 Å². The number of nitrogens with zero attached hydrogens (tertiary/aromatic N) is 4. The molecule has 0 spiro atoms. The van der Waals surface area contributed by atoms with Gasteiger partial charge in [-0.3, -0.25) is 4.79 Å². The third kappa shape index (κ3) is 5.86. The molecule has 0 bridgehead atoms. The number of carbonyl (C=O) groups is 2. The molecule has 4 rings (SSSR count). The Kier molecular flexibility index (Phi) is 6.85. The van der Waals surface area contributed by atoms with Crippen molar-refractivity contribution in [2.45, 2.75) is 31.5 Å². The Balaban J connectivity index is 1.36. The molecule has 1 fully saturated rings. The van der Waals surface area contributed by atoms with Gasteiger partial charge in [0.2, 0.25) is 5.82 Å². The van der Waals surface area contributed by atoms with E-state index in [0.717, 1.165) is 12.8 Å². The normalized spacial score (nSPS) is 16.1. The Bertz CT molecular complexity index is 1180. The van der Waals surface area contributed by atoms with Gasteiger partial charge in [-0.2, -0.15) is 22.9 Å². The topological polar surface area (TPSA) is 127 Å². The molecule has 3 amide bonds. The molecule has 13 heteroatoms. The van der Waals surface area contributed by atoms with E-state index in [4.69, 9.17) is 0 Å². The van der Waals surface area contributed by atoms with Crippen molar-refractivity contribution in [3.63, 3.8) is 0 Å². The Morgan fingerprint density at radius 2 is 1.86 bits per heavy atom. The highest BCUT2D eigenvalue weighted by atomic mass is 19.4. The van der Waals surface area contributed by atoms with Crippen LogP contribution in [0.25, 0.3) is 11.4 Å². The third-order valence-electron chi connectivity index (χ3n) is 5.51. The van der Waals surface area contributed by atoms with Crippen molar-refractivity contribution in [1.82, 2.24) is 20.4 Å². The van der Waals surface area contributed by atoms with Crippen molar-refractivity contribution in [3.8, 4) is 11.4 Å². The van der Waals surface area contributed by atoms with Crippen LogP contribution in [0.4, 0.5) is 23.7 Å². The number of hydrogen-bond acceptors (Lipinski definition) is 6. The molecule has 2 aromatic heterocycles. The van der Waals surface area contributed by atoms with Crippen LogP contribution in [0.2, 0.25) is 0 Å². The Morgan fingerprint density at radius 3 is 2.51 bits per heavy atom. The first-order valence-electron chi connectivity index (χ1n) is 10.8. The average Bonchev–Trinajstić information content (AvgIpc) is 3.35. The number of nitrogens with one attached hydrogen (secondary N) is 2. The summed E-state index contributed by atoms with van der Waals surface area (Å²) in [5.41, 5.74) is 1.07. The average molecular weight is 490 g/mol. The summed E-state index contributed by atoms with van der Waals surface area (Å²) in [6, 6.07) is 8.24. The van der Waals surface area contributed by atoms with Crippen LogP contribution in [-0.4, -0.2) is 46.1 Å². The Hall–Kier alpha value is -4.16. The fraction of sp³-hybridized carbons (Fsp3) is 0.318. The van der Waals surface area contributed by atoms with Gasteiger partial charge in [0.15, 0.2) is 12.4 Å². The zero-order valence-electron chi connectivity index (χ0n) is 18.3. The lowest BCUT2D eigenvalue weighted by Crippen LogP contribution is -2.50. The third-order valence-corrected chi connectivity index (χ3v) is 5.51.